The standard InChI is InChI=1S/C30H29Cl2N7O5/c31-21-6-16(5-19(27(21)41)28(33)42)20-12-38(29-26(20)30(43)39(14-35-29)9-15-1-2-15)13-25(40)36-23-7-24(34-8-22(23)32)37-10-17-3-4-18(11-37)44-17/h5-8,12,14-15,17-18,41H,1-4,9-11,13H2,(H2,33,42)(H,34,36,40). The Hall–Kier alpha value is -4.13. The number of phenols is 1. The van der Waals surface area contributed by atoms with Gasteiger partial charge in [-0.2, -0.15) is 0 Å². The largest absolute Gasteiger partial charge is 0.506 e. The van der Waals surface area contributed by atoms with Gasteiger partial charge >= 0.3 is 0 Å². The number of pyridine rings is 1. The number of morpholine rings is 1. The summed E-state index contributed by atoms with van der Waals surface area (Å²) >= 11 is 12.7. The summed E-state index contributed by atoms with van der Waals surface area (Å²) in [6.45, 7) is 1.78. The van der Waals surface area contributed by atoms with Gasteiger partial charge in [-0.1, -0.05) is 23.2 Å². The molecule has 3 fully saturated rings. The van der Waals surface area contributed by atoms with Crippen LogP contribution in [0.15, 0.2) is 41.7 Å². The lowest BCUT2D eigenvalue weighted by atomic mass is 10.0. The summed E-state index contributed by atoms with van der Waals surface area (Å²) in [5, 5.41) is 13.6. The minimum Gasteiger partial charge on any atom is -0.506 e. The Balaban J connectivity index is 1.22. The van der Waals surface area contributed by atoms with Gasteiger partial charge in [0.1, 0.15) is 23.8 Å². The van der Waals surface area contributed by atoms with E-state index in [1.54, 1.807) is 21.4 Å². The molecule has 3 aliphatic rings. The van der Waals surface area contributed by atoms with Crippen LogP contribution in [0.4, 0.5) is 11.5 Å². The van der Waals surface area contributed by atoms with Crippen molar-refractivity contribution in [3.05, 3.63) is 62.9 Å². The van der Waals surface area contributed by atoms with E-state index in [-0.39, 0.29) is 51.0 Å². The number of hydrogen-bond acceptors (Lipinski definition) is 8. The van der Waals surface area contributed by atoms with E-state index in [4.69, 9.17) is 33.7 Å². The number of ether oxygens (including phenoxy) is 1. The summed E-state index contributed by atoms with van der Waals surface area (Å²) in [6.07, 6.45) is 9.07. The van der Waals surface area contributed by atoms with Gasteiger partial charge in [0.15, 0.2) is 0 Å². The van der Waals surface area contributed by atoms with Crippen LogP contribution in [-0.4, -0.2) is 61.3 Å². The Bertz CT molecular complexity index is 1870. The number of fused-ring (bicyclic) bond motifs is 3. The average Bonchev–Trinajstić information content (AvgIpc) is 3.65. The number of benzene rings is 1. The average molecular weight is 639 g/mol. The Morgan fingerprint density at radius 3 is 2.50 bits per heavy atom. The highest BCUT2D eigenvalue weighted by atomic mass is 35.5. The lowest BCUT2D eigenvalue weighted by molar-refractivity contribution is -0.116. The fraction of sp³-hybridized carbons (Fsp3) is 0.367. The number of amides is 2. The van der Waals surface area contributed by atoms with Crippen molar-refractivity contribution in [2.75, 3.05) is 23.3 Å². The zero-order valence-corrected chi connectivity index (χ0v) is 25.0. The van der Waals surface area contributed by atoms with E-state index in [1.165, 1.54) is 24.7 Å². The molecule has 2 unspecified atom stereocenters. The van der Waals surface area contributed by atoms with Crippen molar-refractivity contribution in [1.82, 2.24) is 19.1 Å². The molecule has 2 aliphatic heterocycles. The summed E-state index contributed by atoms with van der Waals surface area (Å²) in [6, 6.07) is 4.57. The Morgan fingerprint density at radius 1 is 1.05 bits per heavy atom. The smallest absolute Gasteiger partial charge is 0.263 e. The van der Waals surface area contributed by atoms with Gasteiger partial charge in [-0.25, -0.2) is 9.97 Å². The zero-order valence-electron chi connectivity index (χ0n) is 23.5. The third-order valence-electron chi connectivity index (χ3n) is 8.43. The normalized spacial score (nSPS) is 19.5. The molecule has 2 saturated heterocycles. The molecule has 1 saturated carbocycles. The molecule has 44 heavy (non-hydrogen) atoms. The van der Waals surface area contributed by atoms with E-state index in [2.05, 4.69) is 20.2 Å². The third kappa shape index (κ3) is 5.37. The molecular weight excluding hydrogens is 609 g/mol. The second kappa shape index (κ2) is 11.1. The maximum Gasteiger partial charge on any atom is 0.263 e. The molecular formula is C30H29Cl2N7O5. The van der Waals surface area contributed by atoms with Crippen LogP contribution >= 0.6 is 23.2 Å². The van der Waals surface area contributed by atoms with Gasteiger partial charge in [0.05, 0.1) is 51.4 Å². The molecule has 12 nitrogen and oxygen atoms in total. The highest BCUT2D eigenvalue weighted by Gasteiger charge is 2.34. The summed E-state index contributed by atoms with van der Waals surface area (Å²) in [4.78, 5) is 50.3. The van der Waals surface area contributed by atoms with Gasteiger partial charge in [-0.3, -0.25) is 19.0 Å². The van der Waals surface area contributed by atoms with Crippen LogP contribution in [0.25, 0.3) is 22.2 Å². The van der Waals surface area contributed by atoms with Crippen molar-refractivity contribution in [2.24, 2.45) is 11.7 Å². The molecule has 2 amide bonds. The van der Waals surface area contributed by atoms with E-state index in [0.717, 1.165) is 38.8 Å². The molecule has 4 aromatic rings. The molecule has 4 N–H and O–H groups in total. The number of nitrogens with zero attached hydrogens (tertiary/aromatic N) is 5. The highest BCUT2D eigenvalue weighted by Crippen LogP contribution is 2.37. The molecule has 14 heteroatoms. The molecule has 0 radical (unpaired) electrons. The van der Waals surface area contributed by atoms with Crippen molar-refractivity contribution in [1.29, 1.82) is 0 Å². The molecule has 2 atom stereocenters. The van der Waals surface area contributed by atoms with E-state index in [0.29, 0.717) is 35.1 Å². The number of nitrogens with one attached hydrogen (secondary N) is 1. The van der Waals surface area contributed by atoms with E-state index in [9.17, 15) is 19.5 Å². The van der Waals surface area contributed by atoms with Gasteiger partial charge in [0, 0.05) is 37.5 Å². The van der Waals surface area contributed by atoms with Crippen LogP contribution in [0.2, 0.25) is 10.0 Å². The van der Waals surface area contributed by atoms with Crippen LogP contribution in [0.3, 0.4) is 0 Å². The minimum atomic E-state index is -0.878. The minimum absolute atomic E-state index is 0.103. The maximum absolute atomic E-state index is 13.7. The van der Waals surface area contributed by atoms with Gasteiger partial charge < -0.3 is 30.4 Å². The van der Waals surface area contributed by atoms with Gasteiger partial charge in [-0.15, -0.1) is 0 Å². The van der Waals surface area contributed by atoms with Gasteiger partial charge in [0.25, 0.3) is 11.5 Å². The predicted octanol–water partition coefficient (Wildman–Crippen LogP) is 3.79. The van der Waals surface area contributed by atoms with Crippen molar-refractivity contribution in [3.63, 3.8) is 0 Å². The summed E-state index contributed by atoms with van der Waals surface area (Å²) < 4.78 is 9.05. The molecule has 5 heterocycles. The SMILES string of the molecule is NC(=O)c1cc(-c2cn(CC(=O)Nc3cc(N4CC5CCC(C4)O5)ncc3Cl)c3ncn(CC4CC4)c(=O)c23)cc(Cl)c1O. The van der Waals surface area contributed by atoms with Crippen molar-refractivity contribution >= 4 is 57.6 Å². The number of aromatic nitrogens is 4. The number of carbonyl (C=O) groups excluding carboxylic acids is 2. The number of primary amides is 1. The van der Waals surface area contributed by atoms with Crippen molar-refractivity contribution < 1.29 is 19.4 Å². The fourth-order valence-corrected chi connectivity index (χ4v) is 6.42. The Morgan fingerprint density at radius 2 is 1.80 bits per heavy atom. The van der Waals surface area contributed by atoms with Crippen molar-refractivity contribution in [2.45, 2.75) is 51.0 Å². The topological polar surface area (TPSA) is 158 Å². The van der Waals surface area contributed by atoms with E-state index >= 15 is 0 Å². The van der Waals surface area contributed by atoms with Crippen LogP contribution in [0.5, 0.6) is 5.75 Å². The molecule has 1 aromatic carbocycles. The number of nitrogens with two attached hydrogens (primary N) is 1. The quantitative estimate of drug-likeness (QED) is 0.263. The van der Waals surface area contributed by atoms with E-state index < -0.39 is 17.6 Å². The second-order valence-corrected chi connectivity index (χ2v) is 12.5. The number of anilines is 2. The van der Waals surface area contributed by atoms with Crippen LogP contribution in [-0.2, 0) is 22.6 Å². The molecule has 3 aromatic heterocycles. The van der Waals surface area contributed by atoms with Crippen LogP contribution in [0.1, 0.15) is 36.0 Å². The number of aromatic hydroxyl groups is 1. The van der Waals surface area contributed by atoms with E-state index in [1.807, 2.05) is 0 Å². The third-order valence-corrected chi connectivity index (χ3v) is 9.02. The molecule has 7 rings (SSSR count). The molecule has 0 spiro atoms. The first-order chi connectivity index (χ1) is 21.1. The lowest BCUT2D eigenvalue weighted by Gasteiger charge is -2.33. The highest BCUT2D eigenvalue weighted by molar-refractivity contribution is 6.34. The summed E-state index contributed by atoms with van der Waals surface area (Å²) in [5.41, 5.74) is 6.45. The monoisotopic (exact) mass is 637 g/mol. The number of rotatable bonds is 8. The first-order valence-electron chi connectivity index (χ1n) is 14.4. The van der Waals surface area contributed by atoms with Crippen LogP contribution in [0, 0.1) is 5.92 Å². The fourth-order valence-electron chi connectivity index (χ4n) is 6.05. The van der Waals surface area contributed by atoms with Gasteiger partial charge in [-0.05, 0) is 49.3 Å². The lowest BCUT2D eigenvalue weighted by Crippen LogP contribution is -2.43. The van der Waals surface area contributed by atoms with Gasteiger partial charge in [0.2, 0.25) is 5.91 Å². The molecule has 1 aliphatic carbocycles. The maximum atomic E-state index is 13.7. The second-order valence-electron chi connectivity index (χ2n) is 11.7. The number of carbonyl (C=O) groups is 2. The first-order valence-corrected chi connectivity index (χ1v) is 15.2. The number of halogens is 2. The summed E-state index contributed by atoms with van der Waals surface area (Å²) in [5.74, 6) is -0.618. The Kier molecular flexibility index (Phi) is 7.22. The molecule has 2 bridgehead atoms. The van der Waals surface area contributed by atoms with Crippen molar-refractivity contribution in [3.8, 4) is 16.9 Å². The Labute approximate surface area is 261 Å². The summed E-state index contributed by atoms with van der Waals surface area (Å²) in [7, 11) is 0. The molecule has 228 valence electrons. The zero-order chi connectivity index (χ0) is 30.7. The first kappa shape index (κ1) is 28.6. The predicted molar refractivity (Wildman–Crippen MR) is 165 cm³/mol. The van der Waals surface area contributed by atoms with Crippen LogP contribution < -0.4 is 21.5 Å². The number of hydrogen-bond donors (Lipinski definition) is 3.